The molecule has 3 rings (SSSR count). The SMILES string of the molecule is CC[C@H](C)NC(=O)CSc1nc(NC[C@H]2CCCO2)c2ccccc2n1. The van der Waals surface area contributed by atoms with Gasteiger partial charge in [0.15, 0.2) is 5.16 Å². The first-order chi connectivity index (χ1) is 12.7. The molecule has 1 fully saturated rings. The summed E-state index contributed by atoms with van der Waals surface area (Å²) >= 11 is 1.36. The molecule has 2 N–H and O–H groups in total. The van der Waals surface area contributed by atoms with Gasteiger partial charge < -0.3 is 15.4 Å². The van der Waals surface area contributed by atoms with Crippen molar-refractivity contribution in [1.82, 2.24) is 15.3 Å². The van der Waals surface area contributed by atoms with Crippen molar-refractivity contribution in [3.8, 4) is 0 Å². The molecule has 1 amide bonds. The van der Waals surface area contributed by atoms with E-state index in [-0.39, 0.29) is 18.1 Å². The minimum Gasteiger partial charge on any atom is -0.376 e. The van der Waals surface area contributed by atoms with Crippen LogP contribution in [0, 0.1) is 0 Å². The van der Waals surface area contributed by atoms with E-state index in [1.165, 1.54) is 11.8 Å². The van der Waals surface area contributed by atoms with Crippen molar-refractivity contribution in [3.63, 3.8) is 0 Å². The fourth-order valence-electron chi connectivity index (χ4n) is 2.82. The number of carbonyl (C=O) groups excluding carboxylic acids is 1. The van der Waals surface area contributed by atoms with Gasteiger partial charge in [-0.1, -0.05) is 30.8 Å². The second kappa shape index (κ2) is 9.19. The van der Waals surface area contributed by atoms with Gasteiger partial charge in [-0.05, 0) is 38.3 Å². The van der Waals surface area contributed by atoms with Crippen molar-refractivity contribution < 1.29 is 9.53 Å². The number of nitrogens with zero attached hydrogens (tertiary/aromatic N) is 2. The molecular formula is C19H26N4O2S. The number of benzene rings is 1. The van der Waals surface area contributed by atoms with Crippen LogP contribution in [0.2, 0.25) is 0 Å². The molecule has 2 aromatic rings. The van der Waals surface area contributed by atoms with E-state index in [9.17, 15) is 4.79 Å². The Morgan fingerprint density at radius 2 is 2.23 bits per heavy atom. The number of aromatic nitrogens is 2. The number of nitrogens with one attached hydrogen (secondary N) is 2. The maximum Gasteiger partial charge on any atom is 0.230 e. The maximum absolute atomic E-state index is 12.0. The van der Waals surface area contributed by atoms with Crippen LogP contribution in [0.4, 0.5) is 5.82 Å². The second-order valence-corrected chi connectivity index (χ2v) is 7.50. The largest absolute Gasteiger partial charge is 0.376 e. The zero-order valence-corrected chi connectivity index (χ0v) is 16.1. The zero-order chi connectivity index (χ0) is 18.4. The number of para-hydroxylation sites is 1. The van der Waals surface area contributed by atoms with Gasteiger partial charge in [-0.15, -0.1) is 0 Å². The molecule has 1 aromatic heterocycles. The van der Waals surface area contributed by atoms with E-state index >= 15 is 0 Å². The molecule has 0 spiro atoms. The topological polar surface area (TPSA) is 76.1 Å². The number of amides is 1. The molecule has 26 heavy (non-hydrogen) atoms. The van der Waals surface area contributed by atoms with Crippen LogP contribution in [0.1, 0.15) is 33.1 Å². The Hall–Kier alpha value is -1.86. The summed E-state index contributed by atoms with van der Waals surface area (Å²) in [6, 6.07) is 8.11. The average Bonchev–Trinajstić information content (AvgIpc) is 3.18. The molecule has 1 aromatic carbocycles. The lowest BCUT2D eigenvalue weighted by atomic mass is 10.2. The summed E-state index contributed by atoms with van der Waals surface area (Å²) in [7, 11) is 0. The molecule has 0 unspecified atom stereocenters. The van der Waals surface area contributed by atoms with Crippen molar-refractivity contribution in [2.45, 2.75) is 50.4 Å². The molecule has 1 aliphatic rings. The highest BCUT2D eigenvalue weighted by Crippen LogP contribution is 2.25. The van der Waals surface area contributed by atoms with Crippen molar-refractivity contribution >= 4 is 34.4 Å². The fourth-order valence-corrected chi connectivity index (χ4v) is 3.48. The van der Waals surface area contributed by atoms with Gasteiger partial charge in [0.05, 0.1) is 17.4 Å². The molecule has 0 aliphatic carbocycles. The number of anilines is 1. The Kier molecular flexibility index (Phi) is 6.68. The van der Waals surface area contributed by atoms with E-state index in [0.717, 1.165) is 49.1 Å². The number of hydrogen-bond acceptors (Lipinski definition) is 6. The van der Waals surface area contributed by atoms with E-state index in [0.29, 0.717) is 10.9 Å². The smallest absolute Gasteiger partial charge is 0.230 e. The monoisotopic (exact) mass is 374 g/mol. The molecule has 0 bridgehead atoms. The number of thioether (sulfide) groups is 1. The molecule has 2 atom stereocenters. The molecule has 1 saturated heterocycles. The molecular weight excluding hydrogens is 348 g/mol. The minimum atomic E-state index is 0.00923. The van der Waals surface area contributed by atoms with Gasteiger partial charge in [0.1, 0.15) is 5.82 Å². The summed E-state index contributed by atoms with van der Waals surface area (Å²) in [5, 5.41) is 7.97. The summed E-state index contributed by atoms with van der Waals surface area (Å²) in [6.45, 7) is 5.63. The molecule has 0 radical (unpaired) electrons. The lowest BCUT2D eigenvalue weighted by molar-refractivity contribution is -0.119. The van der Waals surface area contributed by atoms with Gasteiger partial charge in [0.2, 0.25) is 5.91 Å². The van der Waals surface area contributed by atoms with Crippen molar-refractivity contribution in [2.24, 2.45) is 0 Å². The van der Waals surface area contributed by atoms with Gasteiger partial charge in [-0.2, -0.15) is 0 Å². The summed E-state index contributed by atoms with van der Waals surface area (Å²) in [5.74, 6) is 1.12. The quantitative estimate of drug-likeness (QED) is 0.546. The standard InChI is InChI=1S/C19H26N4O2S/c1-3-13(2)21-17(24)12-26-19-22-16-9-5-4-8-15(16)18(23-19)20-11-14-7-6-10-25-14/h4-5,8-9,13-14H,3,6-7,10-12H2,1-2H3,(H,21,24)(H,20,22,23)/t13-,14+/m0/s1. The normalized spacial score (nSPS) is 18.0. The number of carbonyl (C=O) groups is 1. The maximum atomic E-state index is 12.0. The van der Waals surface area contributed by atoms with E-state index in [1.54, 1.807) is 0 Å². The third-order valence-electron chi connectivity index (χ3n) is 4.46. The van der Waals surface area contributed by atoms with Crippen LogP contribution in [0.15, 0.2) is 29.4 Å². The number of rotatable bonds is 8. The molecule has 0 saturated carbocycles. The minimum absolute atomic E-state index is 0.00923. The number of ether oxygens (including phenoxy) is 1. The van der Waals surface area contributed by atoms with E-state index in [1.807, 2.05) is 31.2 Å². The highest BCUT2D eigenvalue weighted by atomic mass is 32.2. The van der Waals surface area contributed by atoms with Crippen molar-refractivity contribution in [2.75, 3.05) is 24.2 Å². The molecule has 140 valence electrons. The Morgan fingerprint density at radius 1 is 1.38 bits per heavy atom. The lowest BCUT2D eigenvalue weighted by Crippen LogP contribution is -2.33. The van der Waals surface area contributed by atoms with Gasteiger partial charge in [0, 0.05) is 24.6 Å². The van der Waals surface area contributed by atoms with E-state index in [2.05, 4.69) is 27.5 Å². The molecule has 1 aliphatic heterocycles. The summed E-state index contributed by atoms with van der Waals surface area (Å²) in [4.78, 5) is 21.2. The zero-order valence-electron chi connectivity index (χ0n) is 15.3. The lowest BCUT2D eigenvalue weighted by Gasteiger charge is -2.14. The highest BCUT2D eigenvalue weighted by Gasteiger charge is 2.16. The molecule has 7 heteroatoms. The van der Waals surface area contributed by atoms with Gasteiger partial charge in [0.25, 0.3) is 0 Å². The predicted molar refractivity (Wildman–Crippen MR) is 106 cm³/mol. The van der Waals surface area contributed by atoms with Gasteiger partial charge in [-0.25, -0.2) is 9.97 Å². The first-order valence-electron chi connectivity index (χ1n) is 9.20. The van der Waals surface area contributed by atoms with Crippen LogP contribution in [0.5, 0.6) is 0 Å². The number of hydrogen-bond donors (Lipinski definition) is 2. The Morgan fingerprint density at radius 3 is 3.00 bits per heavy atom. The second-order valence-electron chi connectivity index (χ2n) is 6.55. The summed E-state index contributed by atoms with van der Waals surface area (Å²) < 4.78 is 5.68. The Bertz CT molecular complexity index is 749. The first-order valence-corrected chi connectivity index (χ1v) is 10.2. The van der Waals surface area contributed by atoms with E-state index in [4.69, 9.17) is 4.74 Å². The van der Waals surface area contributed by atoms with Crippen LogP contribution < -0.4 is 10.6 Å². The van der Waals surface area contributed by atoms with Crippen molar-refractivity contribution in [3.05, 3.63) is 24.3 Å². The predicted octanol–water partition coefficient (Wildman–Crippen LogP) is 3.23. The third kappa shape index (κ3) is 5.08. The summed E-state index contributed by atoms with van der Waals surface area (Å²) in [6.07, 6.45) is 3.35. The Labute approximate surface area is 158 Å². The van der Waals surface area contributed by atoms with Crippen LogP contribution >= 0.6 is 11.8 Å². The molecule has 6 nitrogen and oxygen atoms in total. The van der Waals surface area contributed by atoms with Crippen LogP contribution in [0.25, 0.3) is 10.9 Å². The summed E-state index contributed by atoms with van der Waals surface area (Å²) in [5.41, 5.74) is 0.877. The van der Waals surface area contributed by atoms with E-state index < -0.39 is 0 Å². The molecule has 2 heterocycles. The third-order valence-corrected chi connectivity index (χ3v) is 5.30. The van der Waals surface area contributed by atoms with Crippen molar-refractivity contribution in [1.29, 1.82) is 0 Å². The first kappa shape index (κ1) is 18.9. The Balaban J connectivity index is 1.70. The fraction of sp³-hybridized carbons (Fsp3) is 0.526. The average molecular weight is 375 g/mol. The van der Waals surface area contributed by atoms with Crippen LogP contribution in [-0.4, -0.2) is 46.9 Å². The highest BCUT2D eigenvalue weighted by molar-refractivity contribution is 7.99. The van der Waals surface area contributed by atoms with Gasteiger partial charge in [-0.3, -0.25) is 4.79 Å². The number of fused-ring (bicyclic) bond motifs is 1. The van der Waals surface area contributed by atoms with Crippen LogP contribution in [-0.2, 0) is 9.53 Å². The van der Waals surface area contributed by atoms with Gasteiger partial charge >= 0.3 is 0 Å². The van der Waals surface area contributed by atoms with Crippen LogP contribution in [0.3, 0.4) is 0 Å².